The molecule has 0 amide bonds. The van der Waals surface area contributed by atoms with Crippen LogP contribution in [0.3, 0.4) is 0 Å². The number of quaternary nitrogens is 1. The smallest absolute Gasteiger partial charge is 0.0882 e. The first-order chi connectivity index (χ1) is 9.53. The van der Waals surface area contributed by atoms with Crippen molar-refractivity contribution in [2.24, 2.45) is 0 Å². The molecule has 0 bridgehead atoms. The second-order valence-corrected chi connectivity index (χ2v) is 6.71. The Kier molecular flexibility index (Phi) is 6.89. The first-order valence-electron chi connectivity index (χ1n) is 8.14. The molecule has 0 heterocycles. The van der Waals surface area contributed by atoms with Gasteiger partial charge in [-0.2, -0.15) is 0 Å². The third kappa shape index (κ3) is 4.30. The van der Waals surface area contributed by atoms with Gasteiger partial charge in [-0.3, -0.25) is 0 Å². The maximum Gasteiger partial charge on any atom is 0.0882 e. The molecule has 1 atom stereocenters. The van der Waals surface area contributed by atoms with E-state index in [0.29, 0.717) is 0 Å². The van der Waals surface area contributed by atoms with Gasteiger partial charge in [0.15, 0.2) is 0 Å². The van der Waals surface area contributed by atoms with Gasteiger partial charge < -0.3 is 26.6 Å². The van der Waals surface area contributed by atoms with E-state index in [4.69, 9.17) is 0 Å². The largest absolute Gasteiger partial charge is 1.00 e. The number of nitrogens with zero attached hydrogens (tertiary/aromatic N) is 1. The summed E-state index contributed by atoms with van der Waals surface area (Å²) in [5.74, 6) is 0.260. The van der Waals surface area contributed by atoms with Crippen LogP contribution in [-0.2, 0) is 0 Å². The van der Waals surface area contributed by atoms with E-state index in [0.717, 1.165) is 37.0 Å². The van der Waals surface area contributed by atoms with E-state index in [1.165, 1.54) is 18.4 Å². The molecule has 1 unspecified atom stereocenters. The first-order valence-corrected chi connectivity index (χ1v) is 8.14. The molecule has 3 heteroatoms. The Morgan fingerprint density at radius 1 is 1.10 bits per heavy atom. The van der Waals surface area contributed by atoms with E-state index in [1.54, 1.807) is 0 Å². The molecule has 2 rings (SSSR count). The predicted molar refractivity (Wildman–Crippen MR) is 84.7 cm³/mol. The van der Waals surface area contributed by atoms with Crippen LogP contribution in [0.2, 0.25) is 0 Å². The standard InChI is InChI=1S/C18H30NO.BrH/c1-4-19(3,5-2)15-17(16-11-7-6-8-12-16)18(20)13-9-10-14-18;/h6-8,11-12,17,20H,4-5,9-10,13-15H2,1-3H3;1H/q+1;/p-1. The van der Waals surface area contributed by atoms with E-state index in [1.807, 2.05) is 0 Å². The molecule has 120 valence electrons. The van der Waals surface area contributed by atoms with Gasteiger partial charge in [0, 0.05) is 0 Å². The molecule has 0 radical (unpaired) electrons. The van der Waals surface area contributed by atoms with Crippen LogP contribution in [0.15, 0.2) is 30.3 Å². The van der Waals surface area contributed by atoms with E-state index in [2.05, 4.69) is 51.2 Å². The van der Waals surface area contributed by atoms with E-state index in [-0.39, 0.29) is 22.9 Å². The summed E-state index contributed by atoms with van der Waals surface area (Å²) in [7, 11) is 2.31. The Bertz CT molecular complexity index is 410. The van der Waals surface area contributed by atoms with Gasteiger partial charge in [-0.25, -0.2) is 0 Å². The Balaban J connectivity index is 0.00000220. The van der Waals surface area contributed by atoms with E-state index < -0.39 is 5.60 Å². The molecule has 1 fully saturated rings. The van der Waals surface area contributed by atoms with Gasteiger partial charge in [-0.15, -0.1) is 0 Å². The molecule has 2 nitrogen and oxygen atoms in total. The van der Waals surface area contributed by atoms with Crippen LogP contribution in [0, 0.1) is 0 Å². The van der Waals surface area contributed by atoms with Crippen molar-refractivity contribution < 1.29 is 26.6 Å². The van der Waals surface area contributed by atoms with Crippen LogP contribution >= 0.6 is 0 Å². The van der Waals surface area contributed by atoms with E-state index >= 15 is 0 Å². The number of hydrogen-bond acceptors (Lipinski definition) is 1. The average Bonchev–Trinajstić information content (AvgIpc) is 2.93. The Labute approximate surface area is 140 Å². The molecule has 1 saturated carbocycles. The van der Waals surface area contributed by atoms with Crippen molar-refractivity contribution in [3.8, 4) is 0 Å². The number of halogens is 1. The van der Waals surface area contributed by atoms with E-state index in [9.17, 15) is 5.11 Å². The highest BCUT2D eigenvalue weighted by Crippen LogP contribution is 2.42. The summed E-state index contributed by atoms with van der Waals surface area (Å²) in [5, 5.41) is 11.1. The Morgan fingerprint density at radius 2 is 1.62 bits per heavy atom. The lowest BCUT2D eigenvalue weighted by Crippen LogP contribution is -3.00. The van der Waals surface area contributed by atoms with Gasteiger partial charge in [-0.1, -0.05) is 43.2 Å². The molecular formula is C18H30BrNO. The second kappa shape index (κ2) is 7.75. The van der Waals surface area contributed by atoms with Gasteiger partial charge in [0.1, 0.15) is 0 Å². The average molecular weight is 356 g/mol. The van der Waals surface area contributed by atoms with Crippen molar-refractivity contribution in [1.82, 2.24) is 0 Å². The number of aliphatic hydroxyl groups is 1. The molecule has 0 saturated heterocycles. The maximum atomic E-state index is 11.1. The third-order valence-corrected chi connectivity index (χ3v) is 5.47. The summed E-state index contributed by atoms with van der Waals surface area (Å²) < 4.78 is 1.03. The Hall–Kier alpha value is -0.380. The molecular weight excluding hydrogens is 326 g/mol. The SMILES string of the molecule is CC[N+](C)(CC)CC(c1ccccc1)C1(O)CCCC1.[Br-]. The van der Waals surface area contributed by atoms with Crippen molar-refractivity contribution in [2.75, 3.05) is 26.7 Å². The normalized spacial score (nSPS) is 19.0. The first kappa shape index (κ1) is 18.7. The minimum Gasteiger partial charge on any atom is -1.00 e. The third-order valence-electron chi connectivity index (χ3n) is 5.47. The molecule has 0 aliphatic heterocycles. The lowest BCUT2D eigenvalue weighted by atomic mass is 9.80. The zero-order valence-corrected chi connectivity index (χ0v) is 15.3. The maximum absolute atomic E-state index is 11.1. The minimum atomic E-state index is -0.495. The number of benzene rings is 1. The molecule has 0 spiro atoms. The van der Waals surface area contributed by atoms with Gasteiger partial charge in [0.25, 0.3) is 0 Å². The molecule has 1 aromatic carbocycles. The van der Waals surface area contributed by atoms with Crippen LogP contribution < -0.4 is 17.0 Å². The molecule has 1 aromatic rings. The Morgan fingerprint density at radius 3 is 2.10 bits per heavy atom. The summed E-state index contributed by atoms with van der Waals surface area (Å²) in [4.78, 5) is 0. The van der Waals surface area contributed by atoms with Crippen LogP contribution in [0.5, 0.6) is 0 Å². The van der Waals surface area contributed by atoms with Gasteiger partial charge in [-0.05, 0) is 32.3 Å². The summed E-state index contributed by atoms with van der Waals surface area (Å²) in [5.41, 5.74) is 0.814. The molecule has 1 N–H and O–H groups in total. The number of rotatable bonds is 6. The fourth-order valence-electron chi connectivity index (χ4n) is 3.53. The molecule has 1 aliphatic rings. The minimum absolute atomic E-state index is 0. The topological polar surface area (TPSA) is 20.2 Å². The zero-order chi connectivity index (χ0) is 14.6. The molecule has 21 heavy (non-hydrogen) atoms. The zero-order valence-electron chi connectivity index (χ0n) is 13.7. The van der Waals surface area contributed by atoms with Crippen molar-refractivity contribution in [3.63, 3.8) is 0 Å². The highest BCUT2D eigenvalue weighted by molar-refractivity contribution is 5.23. The monoisotopic (exact) mass is 355 g/mol. The lowest BCUT2D eigenvalue weighted by Gasteiger charge is -2.41. The van der Waals surface area contributed by atoms with Gasteiger partial charge in [0.2, 0.25) is 0 Å². The van der Waals surface area contributed by atoms with Crippen LogP contribution in [0.25, 0.3) is 0 Å². The summed E-state index contributed by atoms with van der Waals surface area (Å²) in [6.07, 6.45) is 4.25. The lowest BCUT2D eigenvalue weighted by molar-refractivity contribution is -0.908. The fraction of sp³-hybridized carbons (Fsp3) is 0.667. The number of hydrogen-bond donors (Lipinski definition) is 1. The highest BCUT2D eigenvalue weighted by Gasteiger charge is 2.43. The van der Waals surface area contributed by atoms with Crippen LogP contribution in [0.4, 0.5) is 0 Å². The molecule has 0 aromatic heterocycles. The van der Waals surface area contributed by atoms with Gasteiger partial charge >= 0.3 is 0 Å². The summed E-state index contributed by atoms with van der Waals surface area (Å²) in [6.45, 7) is 7.79. The predicted octanol–water partition coefficient (Wildman–Crippen LogP) is 0.566. The van der Waals surface area contributed by atoms with Gasteiger partial charge in [0.05, 0.1) is 38.2 Å². The van der Waals surface area contributed by atoms with Crippen molar-refractivity contribution in [2.45, 2.75) is 51.0 Å². The number of likely N-dealkylation sites (N-methyl/N-ethyl adjacent to an activating group) is 1. The summed E-state index contributed by atoms with van der Waals surface area (Å²) in [6, 6.07) is 10.6. The summed E-state index contributed by atoms with van der Waals surface area (Å²) >= 11 is 0. The van der Waals surface area contributed by atoms with Crippen molar-refractivity contribution in [3.05, 3.63) is 35.9 Å². The fourth-order valence-corrected chi connectivity index (χ4v) is 3.53. The highest BCUT2D eigenvalue weighted by atomic mass is 79.9. The molecule has 1 aliphatic carbocycles. The van der Waals surface area contributed by atoms with Crippen molar-refractivity contribution >= 4 is 0 Å². The van der Waals surface area contributed by atoms with Crippen molar-refractivity contribution in [1.29, 1.82) is 0 Å². The van der Waals surface area contributed by atoms with Crippen LogP contribution in [0.1, 0.15) is 51.0 Å². The van der Waals surface area contributed by atoms with Crippen LogP contribution in [-0.4, -0.2) is 41.9 Å². The quantitative estimate of drug-likeness (QED) is 0.739. The second-order valence-electron chi connectivity index (χ2n) is 6.71.